The fourth-order valence-electron chi connectivity index (χ4n) is 2.92. The van der Waals surface area contributed by atoms with Gasteiger partial charge in [-0.15, -0.1) is 10.2 Å². The summed E-state index contributed by atoms with van der Waals surface area (Å²) in [6, 6.07) is 10.2. The number of hydrogen-bond acceptors (Lipinski definition) is 4. The summed E-state index contributed by atoms with van der Waals surface area (Å²) in [5.41, 5.74) is 1.80. The molecule has 108 valence electrons. The molecule has 0 saturated carbocycles. The monoisotopic (exact) mass is 281 g/mol. The van der Waals surface area contributed by atoms with Crippen molar-refractivity contribution in [2.24, 2.45) is 0 Å². The Morgan fingerprint density at radius 1 is 1.29 bits per heavy atom. The fourth-order valence-corrected chi connectivity index (χ4v) is 2.92. The van der Waals surface area contributed by atoms with Gasteiger partial charge in [-0.1, -0.05) is 12.1 Å². The van der Waals surface area contributed by atoms with E-state index in [0.29, 0.717) is 5.56 Å². The number of hydrogen-bond donors (Lipinski definition) is 1. The summed E-state index contributed by atoms with van der Waals surface area (Å²) in [5, 5.41) is 21.1. The molecule has 0 aliphatic carbocycles. The standard InChI is InChI=1S/C16H19N5/c1-11(14-6-3-5-13(9-14)10-17)18-12(2)16-20-19-15-7-4-8-21(15)16/h3,5-6,9,11-12,18H,4,7-8H2,1-2H3. The van der Waals surface area contributed by atoms with Crippen LogP contribution < -0.4 is 5.32 Å². The van der Waals surface area contributed by atoms with Crippen molar-refractivity contribution in [3.63, 3.8) is 0 Å². The van der Waals surface area contributed by atoms with Crippen molar-refractivity contribution in [1.82, 2.24) is 20.1 Å². The molecule has 0 bridgehead atoms. The third-order valence-corrected chi connectivity index (χ3v) is 4.04. The number of nitrogens with one attached hydrogen (secondary N) is 1. The summed E-state index contributed by atoms with van der Waals surface area (Å²) in [4.78, 5) is 0. The van der Waals surface area contributed by atoms with Crippen LogP contribution in [0.5, 0.6) is 0 Å². The van der Waals surface area contributed by atoms with Gasteiger partial charge in [-0.25, -0.2) is 0 Å². The van der Waals surface area contributed by atoms with E-state index >= 15 is 0 Å². The predicted octanol–water partition coefficient (Wildman–Crippen LogP) is 2.51. The summed E-state index contributed by atoms with van der Waals surface area (Å²) in [7, 11) is 0. The molecule has 21 heavy (non-hydrogen) atoms. The lowest BCUT2D eigenvalue weighted by atomic mass is 10.0. The van der Waals surface area contributed by atoms with Crippen LogP contribution in [0.2, 0.25) is 0 Å². The number of benzene rings is 1. The Kier molecular flexibility index (Phi) is 3.72. The average molecular weight is 281 g/mol. The zero-order valence-corrected chi connectivity index (χ0v) is 12.4. The van der Waals surface area contributed by atoms with Crippen LogP contribution in [0.4, 0.5) is 0 Å². The van der Waals surface area contributed by atoms with Crippen LogP contribution in [0, 0.1) is 11.3 Å². The largest absolute Gasteiger partial charge is 0.314 e. The van der Waals surface area contributed by atoms with E-state index in [1.165, 1.54) is 0 Å². The van der Waals surface area contributed by atoms with Gasteiger partial charge in [0.25, 0.3) is 0 Å². The van der Waals surface area contributed by atoms with Gasteiger partial charge in [-0.2, -0.15) is 5.26 Å². The number of nitriles is 1. The van der Waals surface area contributed by atoms with Gasteiger partial charge in [0.1, 0.15) is 11.6 Å². The molecule has 0 spiro atoms. The molecule has 5 heteroatoms. The third kappa shape index (κ3) is 2.67. The van der Waals surface area contributed by atoms with E-state index in [2.05, 4.69) is 40.0 Å². The zero-order valence-electron chi connectivity index (χ0n) is 12.4. The van der Waals surface area contributed by atoms with Crippen LogP contribution in [0.3, 0.4) is 0 Å². The zero-order chi connectivity index (χ0) is 14.8. The van der Waals surface area contributed by atoms with Crippen molar-refractivity contribution >= 4 is 0 Å². The Morgan fingerprint density at radius 3 is 2.95 bits per heavy atom. The molecule has 1 aromatic carbocycles. The fraction of sp³-hybridized carbons (Fsp3) is 0.438. The Balaban J connectivity index is 1.74. The quantitative estimate of drug-likeness (QED) is 0.935. The van der Waals surface area contributed by atoms with Crippen molar-refractivity contribution in [2.75, 3.05) is 0 Å². The van der Waals surface area contributed by atoms with Crippen LogP contribution in [-0.4, -0.2) is 14.8 Å². The summed E-state index contributed by atoms with van der Waals surface area (Å²) < 4.78 is 2.22. The number of aryl methyl sites for hydroxylation is 1. The molecular formula is C16H19N5. The van der Waals surface area contributed by atoms with E-state index in [1.54, 1.807) is 0 Å². The van der Waals surface area contributed by atoms with E-state index in [4.69, 9.17) is 5.26 Å². The van der Waals surface area contributed by atoms with Crippen LogP contribution in [0.1, 0.15) is 55.1 Å². The van der Waals surface area contributed by atoms with Crippen molar-refractivity contribution < 1.29 is 0 Å². The van der Waals surface area contributed by atoms with Gasteiger partial charge >= 0.3 is 0 Å². The highest BCUT2D eigenvalue weighted by atomic mass is 15.3. The molecule has 1 aliphatic heterocycles. The minimum Gasteiger partial charge on any atom is -0.314 e. The summed E-state index contributed by atoms with van der Waals surface area (Å²) in [6.45, 7) is 5.23. The van der Waals surface area contributed by atoms with E-state index in [1.807, 2.05) is 24.3 Å². The molecule has 0 radical (unpaired) electrons. The van der Waals surface area contributed by atoms with Gasteiger partial charge in [-0.05, 0) is 38.0 Å². The Hall–Kier alpha value is -2.19. The van der Waals surface area contributed by atoms with Crippen LogP contribution >= 0.6 is 0 Å². The van der Waals surface area contributed by atoms with Crippen LogP contribution in [0.25, 0.3) is 0 Å². The Bertz CT molecular complexity index is 682. The van der Waals surface area contributed by atoms with E-state index in [-0.39, 0.29) is 12.1 Å². The first-order valence-electron chi connectivity index (χ1n) is 7.37. The number of fused-ring (bicyclic) bond motifs is 1. The molecule has 2 unspecified atom stereocenters. The van der Waals surface area contributed by atoms with Gasteiger partial charge in [0.2, 0.25) is 0 Å². The van der Waals surface area contributed by atoms with Gasteiger partial charge in [0.15, 0.2) is 0 Å². The first kappa shape index (κ1) is 13.8. The summed E-state index contributed by atoms with van der Waals surface area (Å²) in [5.74, 6) is 2.10. The highest BCUT2D eigenvalue weighted by molar-refractivity contribution is 5.34. The topological polar surface area (TPSA) is 66.5 Å². The summed E-state index contributed by atoms with van der Waals surface area (Å²) in [6.07, 6.45) is 2.18. The Morgan fingerprint density at radius 2 is 2.14 bits per heavy atom. The minimum atomic E-state index is 0.130. The second kappa shape index (κ2) is 5.66. The maximum atomic E-state index is 8.99. The lowest BCUT2D eigenvalue weighted by Gasteiger charge is -2.20. The molecule has 1 aliphatic rings. The summed E-state index contributed by atoms with van der Waals surface area (Å²) >= 11 is 0. The highest BCUT2D eigenvalue weighted by Crippen LogP contribution is 2.22. The molecule has 1 aromatic heterocycles. The van der Waals surface area contributed by atoms with Crippen molar-refractivity contribution in [1.29, 1.82) is 5.26 Å². The van der Waals surface area contributed by atoms with Crippen molar-refractivity contribution in [3.05, 3.63) is 47.0 Å². The second-order valence-corrected chi connectivity index (χ2v) is 5.58. The minimum absolute atomic E-state index is 0.130. The third-order valence-electron chi connectivity index (χ3n) is 4.04. The van der Waals surface area contributed by atoms with Crippen LogP contribution in [-0.2, 0) is 13.0 Å². The second-order valence-electron chi connectivity index (χ2n) is 5.58. The molecular weight excluding hydrogens is 262 g/mol. The predicted molar refractivity (Wildman–Crippen MR) is 79.5 cm³/mol. The average Bonchev–Trinajstić information content (AvgIpc) is 3.09. The van der Waals surface area contributed by atoms with Gasteiger partial charge in [-0.3, -0.25) is 0 Å². The molecule has 2 atom stereocenters. The van der Waals surface area contributed by atoms with E-state index < -0.39 is 0 Å². The SMILES string of the molecule is CC(NC(C)c1nnc2n1CCC2)c1cccc(C#N)c1. The van der Waals surface area contributed by atoms with Crippen molar-refractivity contribution in [3.8, 4) is 6.07 Å². The van der Waals surface area contributed by atoms with E-state index in [9.17, 15) is 0 Å². The molecule has 2 heterocycles. The molecule has 1 N–H and O–H groups in total. The normalized spacial score (nSPS) is 16.2. The molecule has 5 nitrogen and oxygen atoms in total. The van der Waals surface area contributed by atoms with Gasteiger partial charge in [0.05, 0.1) is 17.7 Å². The van der Waals surface area contributed by atoms with E-state index in [0.717, 1.165) is 36.6 Å². The number of rotatable bonds is 4. The van der Waals surface area contributed by atoms with Gasteiger partial charge < -0.3 is 9.88 Å². The maximum absolute atomic E-state index is 8.99. The highest BCUT2D eigenvalue weighted by Gasteiger charge is 2.22. The lowest BCUT2D eigenvalue weighted by Crippen LogP contribution is -2.25. The molecule has 2 aromatic rings. The number of nitrogens with zero attached hydrogens (tertiary/aromatic N) is 4. The number of aromatic nitrogens is 3. The van der Waals surface area contributed by atoms with Crippen LogP contribution in [0.15, 0.2) is 24.3 Å². The molecule has 0 amide bonds. The smallest absolute Gasteiger partial charge is 0.149 e. The lowest BCUT2D eigenvalue weighted by molar-refractivity contribution is 0.459. The van der Waals surface area contributed by atoms with Crippen molar-refractivity contribution in [2.45, 2.75) is 45.3 Å². The Labute approximate surface area is 124 Å². The molecule has 3 rings (SSSR count). The molecule has 0 fully saturated rings. The first-order chi connectivity index (χ1) is 10.2. The first-order valence-corrected chi connectivity index (χ1v) is 7.37. The molecule has 0 saturated heterocycles. The van der Waals surface area contributed by atoms with Gasteiger partial charge in [0, 0.05) is 19.0 Å². The maximum Gasteiger partial charge on any atom is 0.149 e.